The second kappa shape index (κ2) is 9.40. The van der Waals surface area contributed by atoms with Crippen LogP contribution in [-0.4, -0.2) is 41.7 Å². The topological polar surface area (TPSA) is 49.8 Å². The van der Waals surface area contributed by atoms with E-state index in [4.69, 9.17) is 9.84 Å². The highest BCUT2D eigenvalue weighted by atomic mass is 16.5. The van der Waals surface area contributed by atoms with Crippen molar-refractivity contribution in [3.8, 4) is 5.75 Å². The molecule has 0 aliphatic rings. The van der Waals surface area contributed by atoms with Gasteiger partial charge in [0.05, 0.1) is 13.0 Å². The third-order valence-corrected chi connectivity index (χ3v) is 3.44. The molecule has 0 aromatic heterocycles. The Hall–Kier alpha value is -1.55. The first-order valence-corrected chi connectivity index (χ1v) is 7.64. The minimum Gasteiger partial charge on any atom is -0.494 e. The molecule has 0 saturated carbocycles. The lowest BCUT2D eigenvalue weighted by atomic mass is 10.2. The van der Waals surface area contributed by atoms with Crippen LogP contribution in [0.1, 0.15) is 38.7 Å². The van der Waals surface area contributed by atoms with E-state index in [1.54, 1.807) is 0 Å². The van der Waals surface area contributed by atoms with Crippen LogP contribution >= 0.6 is 0 Å². The number of carboxylic acids is 1. The average Bonchev–Trinajstić information content (AvgIpc) is 2.41. The highest BCUT2D eigenvalue weighted by molar-refractivity contribution is 5.66. The lowest BCUT2D eigenvalue weighted by Gasteiger charge is -2.25. The number of rotatable bonds is 10. The van der Waals surface area contributed by atoms with Crippen molar-refractivity contribution >= 4 is 5.97 Å². The molecule has 1 aromatic rings. The molecule has 0 bridgehead atoms. The molecule has 0 atom stereocenters. The molecule has 0 aliphatic heterocycles. The predicted molar refractivity (Wildman–Crippen MR) is 84.9 cm³/mol. The Morgan fingerprint density at radius 2 is 2.05 bits per heavy atom. The predicted octanol–water partition coefficient (Wildman–Crippen LogP) is 3.34. The lowest BCUT2D eigenvalue weighted by Crippen LogP contribution is -2.34. The van der Waals surface area contributed by atoms with Crippen LogP contribution in [0.3, 0.4) is 0 Å². The van der Waals surface area contributed by atoms with Gasteiger partial charge in [0.15, 0.2) is 0 Å². The Bertz CT molecular complexity index is 432. The van der Waals surface area contributed by atoms with Gasteiger partial charge in [-0.05, 0) is 57.9 Å². The number of aliphatic carboxylic acids is 1. The molecule has 1 aromatic carbocycles. The number of benzene rings is 1. The van der Waals surface area contributed by atoms with Gasteiger partial charge in [-0.25, -0.2) is 0 Å². The van der Waals surface area contributed by atoms with Gasteiger partial charge in [0.1, 0.15) is 5.75 Å². The van der Waals surface area contributed by atoms with Gasteiger partial charge in [-0.2, -0.15) is 0 Å². The molecular formula is C17H27NO3. The number of carboxylic acid groups (broad SMARTS) is 1. The van der Waals surface area contributed by atoms with Crippen molar-refractivity contribution in [2.45, 2.75) is 46.1 Å². The van der Waals surface area contributed by atoms with Crippen LogP contribution in [0, 0.1) is 6.92 Å². The van der Waals surface area contributed by atoms with Crippen LogP contribution in [0.25, 0.3) is 0 Å². The van der Waals surface area contributed by atoms with Crippen molar-refractivity contribution < 1.29 is 14.6 Å². The van der Waals surface area contributed by atoms with Gasteiger partial charge < -0.3 is 14.7 Å². The molecule has 0 amide bonds. The van der Waals surface area contributed by atoms with E-state index in [2.05, 4.69) is 31.7 Å². The highest BCUT2D eigenvalue weighted by Crippen LogP contribution is 2.13. The van der Waals surface area contributed by atoms with Crippen LogP contribution in [0.4, 0.5) is 0 Å². The Morgan fingerprint density at radius 1 is 1.29 bits per heavy atom. The standard InChI is InChI=1S/C17H27NO3/c1-14(2)18(11-9-17(19)20)10-4-5-12-21-16-8-6-7-15(3)13-16/h6-8,13-14H,4-5,9-12H2,1-3H3,(H,19,20). The molecule has 4 nitrogen and oxygen atoms in total. The van der Waals surface area contributed by atoms with E-state index in [0.29, 0.717) is 19.2 Å². The van der Waals surface area contributed by atoms with Gasteiger partial charge in [-0.15, -0.1) is 0 Å². The van der Waals surface area contributed by atoms with Crippen LogP contribution in [0.2, 0.25) is 0 Å². The Labute approximate surface area is 127 Å². The fraction of sp³-hybridized carbons (Fsp3) is 0.588. The summed E-state index contributed by atoms with van der Waals surface area (Å²) in [7, 11) is 0. The first-order chi connectivity index (χ1) is 9.99. The third kappa shape index (κ3) is 7.71. The van der Waals surface area contributed by atoms with E-state index >= 15 is 0 Å². The maximum absolute atomic E-state index is 10.6. The number of carbonyl (C=O) groups is 1. The molecule has 4 heteroatoms. The van der Waals surface area contributed by atoms with E-state index in [1.807, 2.05) is 18.2 Å². The van der Waals surface area contributed by atoms with E-state index in [0.717, 1.165) is 25.1 Å². The SMILES string of the molecule is Cc1cccc(OCCCCN(CCC(=O)O)C(C)C)c1. The summed E-state index contributed by atoms with van der Waals surface area (Å²) in [6.07, 6.45) is 2.20. The summed E-state index contributed by atoms with van der Waals surface area (Å²) < 4.78 is 5.71. The number of ether oxygens (including phenoxy) is 1. The van der Waals surface area contributed by atoms with Crippen molar-refractivity contribution in [2.75, 3.05) is 19.7 Å². The van der Waals surface area contributed by atoms with Gasteiger partial charge in [0, 0.05) is 12.6 Å². The number of unbranched alkanes of at least 4 members (excludes halogenated alkanes) is 1. The Kier molecular flexibility index (Phi) is 7.83. The minimum absolute atomic E-state index is 0.206. The molecule has 0 spiro atoms. The van der Waals surface area contributed by atoms with Gasteiger partial charge in [-0.3, -0.25) is 4.79 Å². The van der Waals surface area contributed by atoms with E-state index in [1.165, 1.54) is 5.56 Å². The maximum atomic E-state index is 10.6. The maximum Gasteiger partial charge on any atom is 0.304 e. The van der Waals surface area contributed by atoms with Crippen LogP contribution < -0.4 is 4.74 Å². The van der Waals surface area contributed by atoms with Crippen molar-refractivity contribution in [3.63, 3.8) is 0 Å². The largest absolute Gasteiger partial charge is 0.494 e. The zero-order valence-electron chi connectivity index (χ0n) is 13.3. The summed E-state index contributed by atoms with van der Waals surface area (Å²) in [4.78, 5) is 12.8. The monoisotopic (exact) mass is 293 g/mol. The van der Waals surface area contributed by atoms with E-state index < -0.39 is 5.97 Å². The molecule has 0 radical (unpaired) electrons. The number of hydrogen-bond acceptors (Lipinski definition) is 3. The highest BCUT2D eigenvalue weighted by Gasteiger charge is 2.10. The lowest BCUT2D eigenvalue weighted by molar-refractivity contribution is -0.137. The van der Waals surface area contributed by atoms with Crippen LogP contribution in [-0.2, 0) is 4.79 Å². The minimum atomic E-state index is -0.733. The van der Waals surface area contributed by atoms with Gasteiger partial charge in [0.25, 0.3) is 0 Å². The number of aryl methyl sites for hydroxylation is 1. The summed E-state index contributed by atoms with van der Waals surface area (Å²) in [6.45, 7) is 8.49. The summed E-state index contributed by atoms with van der Waals surface area (Å²) in [5, 5.41) is 8.76. The van der Waals surface area contributed by atoms with E-state index in [9.17, 15) is 4.79 Å². The summed E-state index contributed by atoms with van der Waals surface area (Å²) in [6, 6.07) is 8.43. The molecule has 0 saturated heterocycles. The zero-order chi connectivity index (χ0) is 15.7. The second-order valence-corrected chi connectivity index (χ2v) is 5.65. The van der Waals surface area contributed by atoms with Gasteiger partial charge >= 0.3 is 5.97 Å². The first-order valence-electron chi connectivity index (χ1n) is 7.64. The fourth-order valence-corrected chi connectivity index (χ4v) is 2.18. The molecular weight excluding hydrogens is 266 g/mol. The molecule has 1 N–H and O–H groups in total. The molecule has 0 fully saturated rings. The number of nitrogens with zero attached hydrogens (tertiary/aromatic N) is 1. The first kappa shape index (κ1) is 17.5. The van der Waals surface area contributed by atoms with E-state index in [-0.39, 0.29) is 6.42 Å². The normalized spacial score (nSPS) is 11.1. The van der Waals surface area contributed by atoms with Crippen LogP contribution in [0.5, 0.6) is 5.75 Å². The summed E-state index contributed by atoms with van der Waals surface area (Å²) in [5.41, 5.74) is 1.20. The third-order valence-electron chi connectivity index (χ3n) is 3.44. The molecule has 118 valence electrons. The number of hydrogen-bond donors (Lipinski definition) is 1. The van der Waals surface area contributed by atoms with Crippen molar-refractivity contribution in [1.82, 2.24) is 4.90 Å². The fourth-order valence-electron chi connectivity index (χ4n) is 2.18. The smallest absolute Gasteiger partial charge is 0.304 e. The Balaban J connectivity index is 2.20. The van der Waals surface area contributed by atoms with Crippen molar-refractivity contribution in [3.05, 3.63) is 29.8 Å². The molecule has 21 heavy (non-hydrogen) atoms. The summed E-state index contributed by atoms with van der Waals surface area (Å²) >= 11 is 0. The quantitative estimate of drug-likeness (QED) is 0.672. The van der Waals surface area contributed by atoms with Crippen molar-refractivity contribution in [2.24, 2.45) is 0 Å². The van der Waals surface area contributed by atoms with Gasteiger partial charge in [-0.1, -0.05) is 12.1 Å². The van der Waals surface area contributed by atoms with Crippen LogP contribution in [0.15, 0.2) is 24.3 Å². The molecule has 1 rings (SSSR count). The summed E-state index contributed by atoms with van der Waals surface area (Å²) in [5.74, 6) is 0.185. The Morgan fingerprint density at radius 3 is 2.67 bits per heavy atom. The molecule has 0 heterocycles. The average molecular weight is 293 g/mol. The zero-order valence-corrected chi connectivity index (χ0v) is 13.3. The van der Waals surface area contributed by atoms with Crippen molar-refractivity contribution in [1.29, 1.82) is 0 Å². The molecule has 0 unspecified atom stereocenters. The second-order valence-electron chi connectivity index (χ2n) is 5.65. The van der Waals surface area contributed by atoms with Gasteiger partial charge in [0.2, 0.25) is 0 Å². The molecule has 0 aliphatic carbocycles.